The van der Waals surface area contributed by atoms with Crippen LogP contribution in [-0.4, -0.2) is 43.5 Å². The van der Waals surface area contributed by atoms with Crippen molar-refractivity contribution in [3.8, 4) is 0 Å². The van der Waals surface area contributed by atoms with Crippen LogP contribution >= 0.6 is 0 Å². The Morgan fingerprint density at radius 3 is 3.10 bits per heavy atom. The molecule has 2 saturated heterocycles. The first-order valence-electron chi connectivity index (χ1n) is 3.88. The molecule has 0 aromatic carbocycles. The monoisotopic (exact) mass is 143 g/mol. The van der Waals surface area contributed by atoms with Crippen LogP contribution in [-0.2, 0) is 9.47 Å². The summed E-state index contributed by atoms with van der Waals surface area (Å²) in [6.45, 7) is 6.08. The molecule has 2 heterocycles. The molecule has 2 rings (SSSR count). The maximum Gasteiger partial charge on any atom is 0.170 e. The zero-order valence-corrected chi connectivity index (χ0v) is 6.25. The molecule has 3 nitrogen and oxygen atoms in total. The summed E-state index contributed by atoms with van der Waals surface area (Å²) in [5.41, 5.74) is 0. The second-order valence-corrected chi connectivity index (χ2v) is 2.87. The Morgan fingerprint density at radius 1 is 1.50 bits per heavy atom. The number of fused-ring (bicyclic) bond motifs is 2. The quantitative estimate of drug-likeness (QED) is 0.518. The third-order valence-electron chi connectivity index (χ3n) is 2.13. The van der Waals surface area contributed by atoms with Crippen LogP contribution in [0.4, 0.5) is 0 Å². The number of hydrogen-bond donors (Lipinski definition) is 0. The second-order valence-electron chi connectivity index (χ2n) is 2.87. The van der Waals surface area contributed by atoms with E-state index >= 15 is 0 Å². The molecule has 3 heteroatoms. The van der Waals surface area contributed by atoms with E-state index in [9.17, 15) is 0 Å². The number of rotatable bonds is 1. The summed E-state index contributed by atoms with van der Waals surface area (Å²) in [4.78, 5) is 2.37. The maximum absolute atomic E-state index is 5.47. The van der Waals surface area contributed by atoms with E-state index in [1.807, 2.05) is 0 Å². The molecule has 2 aliphatic rings. The van der Waals surface area contributed by atoms with E-state index in [1.54, 1.807) is 0 Å². The van der Waals surface area contributed by atoms with Crippen molar-refractivity contribution >= 4 is 0 Å². The zero-order valence-electron chi connectivity index (χ0n) is 6.25. The molecule has 0 N–H and O–H groups in total. The van der Waals surface area contributed by atoms with E-state index < -0.39 is 0 Å². The van der Waals surface area contributed by atoms with Crippen molar-refractivity contribution in [2.24, 2.45) is 0 Å². The first-order valence-corrected chi connectivity index (χ1v) is 3.88. The molecule has 10 heavy (non-hydrogen) atoms. The van der Waals surface area contributed by atoms with Gasteiger partial charge < -0.3 is 9.47 Å². The number of nitrogens with zero attached hydrogens (tertiary/aromatic N) is 1. The zero-order chi connectivity index (χ0) is 6.97. The molecule has 0 saturated carbocycles. The van der Waals surface area contributed by atoms with Gasteiger partial charge in [0.25, 0.3) is 0 Å². The number of likely N-dealkylation sites (N-methyl/N-ethyl adjacent to an activating group) is 1. The smallest absolute Gasteiger partial charge is 0.170 e. The minimum absolute atomic E-state index is 0.0682. The summed E-state index contributed by atoms with van der Waals surface area (Å²) in [6, 6.07) is 0. The Labute approximate surface area is 60.9 Å². The molecular weight excluding hydrogens is 130 g/mol. The van der Waals surface area contributed by atoms with Crippen LogP contribution < -0.4 is 0 Å². The number of hydrogen-bond acceptors (Lipinski definition) is 3. The third kappa shape index (κ3) is 1.05. The van der Waals surface area contributed by atoms with E-state index in [4.69, 9.17) is 9.47 Å². The van der Waals surface area contributed by atoms with Gasteiger partial charge in [-0.1, -0.05) is 6.92 Å². The van der Waals surface area contributed by atoms with Gasteiger partial charge in [0.05, 0.1) is 12.7 Å². The maximum atomic E-state index is 5.47. The number of ether oxygens (including phenoxy) is 2. The van der Waals surface area contributed by atoms with Gasteiger partial charge in [0.15, 0.2) is 6.29 Å². The van der Waals surface area contributed by atoms with Crippen molar-refractivity contribution in [3.05, 3.63) is 0 Å². The summed E-state index contributed by atoms with van der Waals surface area (Å²) in [5.74, 6) is 0. The van der Waals surface area contributed by atoms with Crippen LogP contribution in [0.3, 0.4) is 0 Å². The fraction of sp³-hybridized carbons (Fsp3) is 1.00. The molecule has 2 fully saturated rings. The molecule has 0 unspecified atom stereocenters. The molecule has 0 aliphatic carbocycles. The molecule has 2 aliphatic heterocycles. The average Bonchev–Trinajstić information content (AvgIpc) is 2.30. The highest BCUT2D eigenvalue weighted by Gasteiger charge is 2.33. The molecule has 2 atom stereocenters. The van der Waals surface area contributed by atoms with Crippen LogP contribution in [0.5, 0.6) is 0 Å². The van der Waals surface area contributed by atoms with Gasteiger partial charge in [-0.05, 0) is 6.54 Å². The summed E-state index contributed by atoms with van der Waals surface area (Å²) < 4.78 is 10.8. The predicted octanol–water partition coefficient (Wildman–Crippen LogP) is 0.0634. The molecule has 0 aromatic heterocycles. The van der Waals surface area contributed by atoms with Gasteiger partial charge in [0, 0.05) is 13.1 Å². The topological polar surface area (TPSA) is 21.7 Å². The lowest BCUT2D eigenvalue weighted by molar-refractivity contribution is -0.107. The van der Waals surface area contributed by atoms with Crippen LogP contribution in [0, 0.1) is 0 Å². The molecule has 2 bridgehead atoms. The Morgan fingerprint density at radius 2 is 2.40 bits per heavy atom. The van der Waals surface area contributed by atoms with Crippen molar-refractivity contribution in [1.82, 2.24) is 4.90 Å². The average molecular weight is 143 g/mol. The van der Waals surface area contributed by atoms with Gasteiger partial charge >= 0.3 is 0 Å². The fourth-order valence-corrected chi connectivity index (χ4v) is 1.53. The Bertz CT molecular complexity index is 117. The summed E-state index contributed by atoms with van der Waals surface area (Å²) in [7, 11) is 0. The van der Waals surface area contributed by atoms with Crippen molar-refractivity contribution in [3.63, 3.8) is 0 Å². The normalized spacial score (nSPS) is 40.5. The molecular formula is C7H13NO2. The fourth-order valence-electron chi connectivity index (χ4n) is 1.53. The van der Waals surface area contributed by atoms with Crippen molar-refractivity contribution in [2.75, 3.05) is 26.2 Å². The molecule has 0 aromatic rings. The van der Waals surface area contributed by atoms with Gasteiger partial charge in [0.1, 0.15) is 0 Å². The van der Waals surface area contributed by atoms with Crippen LogP contribution in [0.2, 0.25) is 0 Å². The van der Waals surface area contributed by atoms with Crippen LogP contribution in [0.1, 0.15) is 6.92 Å². The van der Waals surface area contributed by atoms with E-state index in [-0.39, 0.29) is 6.29 Å². The Kier molecular flexibility index (Phi) is 1.64. The Hall–Kier alpha value is -0.120. The highest BCUT2D eigenvalue weighted by Crippen LogP contribution is 2.18. The van der Waals surface area contributed by atoms with Gasteiger partial charge in [0.2, 0.25) is 0 Å². The summed E-state index contributed by atoms with van der Waals surface area (Å²) >= 11 is 0. The van der Waals surface area contributed by atoms with Crippen LogP contribution in [0.15, 0.2) is 0 Å². The van der Waals surface area contributed by atoms with Gasteiger partial charge in [-0.2, -0.15) is 0 Å². The van der Waals surface area contributed by atoms with Gasteiger partial charge in [-0.3, -0.25) is 4.90 Å². The van der Waals surface area contributed by atoms with Crippen LogP contribution in [0.25, 0.3) is 0 Å². The number of morpholine rings is 1. The van der Waals surface area contributed by atoms with E-state index in [1.165, 1.54) is 0 Å². The van der Waals surface area contributed by atoms with Gasteiger partial charge in [-0.15, -0.1) is 0 Å². The first kappa shape index (κ1) is 6.58. The summed E-state index contributed by atoms with van der Waals surface area (Å²) in [5, 5.41) is 0. The minimum Gasteiger partial charge on any atom is -0.349 e. The molecule has 0 spiro atoms. The lowest BCUT2D eigenvalue weighted by Crippen LogP contribution is -2.42. The molecule has 0 amide bonds. The van der Waals surface area contributed by atoms with Gasteiger partial charge in [-0.25, -0.2) is 0 Å². The molecule has 0 radical (unpaired) electrons. The van der Waals surface area contributed by atoms with Crippen molar-refractivity contribution in [2.45, 2.75) is 19.3 Å². The van der Waals surface area contributed by atoms with E-state index in [0.29, 0.717) is 6.10 Å². The Balaban J connectivity index is 1.96. The lowest BCUT2D eigenvalue weighted by atomic mass is 10.3. The summed E-state index contributed by atoms with van der Waals surface area (Å²) in [6.07, 6.45) is 0.414. The standard InChI is InChI=1S/C7H13NO2/c1-2-8-3-6-5-9-7(4-8)10-6/h6-7H,2-5H2,1H3/t6-,7+/m0/s1. The van der Waals surface area contributed by atoms with Crippen molar-refractivity contribution < 1.29 is 9.47 Å². The molecule has 58 valence electrons. The SMILES string of the molecule is CCN1C[C@H]2CO[C@@H](C1)O2. The lowest BCUT2D eigenvalue weighted by Gasteiger charge is -2.28. The third-order valence-corrected chi connectivity index (χ3v) is 2.13. The minimum atomic E-state index is 0.0682. The predicted molar refractivity (Wildman–Crippen MR) is 36.7 cm³/mol. The largest absolute Gasteiger partial charge is 0.349 e. The van der Waals surface area contributed by atoms with E-state index in [2.05, 4.69) is 11.8 Å². The first-order chi connectivity index (χ1) is 4.88. The second kappa shape index (κ2) is 2.49. The highest BCUT2D eigenvalue weighted by atomic mass is 16.7. The van der Waals surface area contributed by atoms with Crippen molar-refractivity contribution in [1.29, 1.82) is 0 Å². The highest BCUT2D eigenvalue weighted by molar-refractivity contribution is 4.77. The van der Waals surface area contributed by atoms with E-state index in [0.717, 1.165) is 26.2 Å².